The van der Waals surface area contributed by atoms with Crippen molar-refractivity contribution in [3.63, 3.8) is 0 Å². The lowest BCUT2D eigenvalue weighted by molar-refractivity contribution is -0.0885. The maximum absolute atomic E-state index is 12.1. The van der Waals surface area contributed by atoms with Gasteiger partial charge < -0.3 is 9.47 Å². The molecule has 16 heavy (non-hydrogen) atoms. The predicted molar refractivity (Wildman–Crippen MR) is 47.5 cm³/mol. The number of carbonyl (C=O) groups excluding carboxylic acids is 1. The average Bonchev–Trinajstić information content (AvgIpc) is 2.54. The standard InChI is InChI=1S/C10H7F3O3/c1-5-15-7-3-2-6(4-8(7)16-5)9(14)10(11,12)13/h2-5H,1H3. The molecule has 1 aliphatic rings. The highest BCUT2D eigenvalue weighted by atomic mass is 19.4. The summed E-state index contributed by atoms with van der Waals surface area (Å²) in [7, 11) is 0. The smallest absolute Gasteiger partial charge is 0.451 e. The summed E-state index contributed by atoms with van der Waals surface area (Å²) >= 11 is 0. The van der Waals surface area contributed by atoms with E-state index in [4.69, 9.17) is 9.47 Å². The molecule has 1 aliphatic heterocycles. The minimum atomic E-state index is -4.88. The second kappa shape index (κ2) is 3.40. The summed E-state index contributed by atoms with van der Waals surface area (Å²) in [5, 5.41) is 0. The Bertz CT molecular complexity index is 439. The first-order valence-electron chi connectivity index (χ1n) is 4.47. The first kappa shape index (κ1) is 10.8. The molecule has 1 aromatic carbocycles. The lowest BCUT2D eigenvalue weighted by atomic mass is 10.1. The van der Waals surface area contributed by atoms with E-state index in [1.165, 1.54) is 6.07 Å². The van der Waals surface area contributed by atoms with Gasteiger partial charge in [-0.15, -0.1) is 0 Å². The van der Waals surface area contributed by atoms with Crippen LogP contribution in [0.3, 0.4) is 0 Å². The molecular weight excluding hydrogens is 225 g/mol. The molecule has 1 aromatic rings. The van der Waals surface area contributed by atoms with Crippen LogP contribution in [0.15, 0.2) is 18.2 Å². The lowest BCUT2D eigenvalue weighted by Crippen LogP contribution is -2.22. The first-order chi connectivity index (χ1) is 7.38. The van der Waals surface area contributed by atoms with Gasteiger partial charge in [-0.2, -0.15) is 13.2 Å². The molecule has 3 nitrogen and oxygen atoms in total. The van der Waals surface area contributed by atoms with Crippen LogP contribution in [0.5, 0.6) is 11.5 Å². The number of hydrogen-bond acceptors (Lipinski definition) is 3. The molecule has 1 atom stereocenters. The molecule has 1 unspecified atom stereocenters. The predicted octanol–water partition coefficient (Wildman–Crippen LogP) is 2.55. The summed E-state index contributed by atoms with van der Waals surface area (Å²) in [6, 6.07) is 3.39. The van der Waals surface area contributed by atoms with Crippen molar-refractivity contribution in [3.8, 4) is 11.5 Å². The summed E-state index contributed by atoms with van der Waals surface area (Å²) < 4.78 is 46.6. The van der Waals surface area contributed by atoms with Gasteiger partial charge in [0.2, 0.25) is 6.29 Å². The largest absolute Gasteiger partial charge is 0.454 e. The summed E-state index contributed by atoms with van der Waals surface area (Å²) in [6.07, 6.45) is -5.43. The Labute approximate surface area is 88.8 Å². The number of benzene rings is 1. The van der Waals surface area contributed by atoms with Crippen molar-refractivity contribution in [1.29, 1.82) is 0 Å². The van der Waals surface area contributed by atoms with Gasteiger partial charge in [-0.3, -0.25) is 4.79 Å². The average molecular weight is 232 g/mol. The normalized spacial score (nSPS) is 18.6. The van der Waals surface area contributed by atoms with E-state index in [1.807, 2.05) is 0 Å². The van der Waals surface area contributed by atoms with Crippen LogP contribution in [-0.4, -0.2) is 18.2 Å². The monoisotopic (exact) mass is 232 g/mol. The molecular formula is C10H7F3O3. The fourth-order valence-corrected chi connectivity index (χ4v) is 1.38. The number of halogens is 3. The van der Waals surface area contributed by atoms with Crippen molar-refractivity contribution in [2.24, 2.45) is 0 Å². The van der Waals surface area contributed by atoms with Gasteiger partial charge in [0.05, 0.1) is 0 Å². The zero-order chi connectivity index (χ0) is 11.9. The van der Waals surface area contributed by atoms with Crippen molar-refractivity contribution >= 4 is 5.78 Å². The van der Waals surface area contributed by atoms with Crippen LogP contribution in [0.25, 0.3) is 0 Å². The number of carbonyl (C=O) groups is 1. The zero-order valence-electron chi connectivity index (χ0n) is 8.17. The number of Topliss-reactive ketones (excluding diaryl/α,β-unsaturated/α-hetero) is 1. The number of hydrogen-bond donors (Lipinski definition) is 0. The number of rotatable bonds is 1. The zero-order valence-corrected chi connectivity index (χ0v) is 8.17. The quantitative estimate of drug-likeness (QED) is 0.698. The Balaban J connectivity index is 2.33. The lowest BCUT2D eigenvalue weighted by Gasteiger charge is -2.05. The van der Waals surface area contributed by atoms with Crippen molar-refractivity contribution in [2.45, 2.75) is 19.4 Å². The van der Waals surface area contributed by atoms with Crippen LogP contribution >= 0.6 is 0 Å². The molecule has 1 heterocycles. The van der Waals surface area contributed by atoms with Gasteiger partial charge in [-0.1, -0.05) is 0 Å². The van der Waals surface area contributed by atoms with Crippen molar-refractivity contribution < 1.29 is 27.4 Å². The summed E-state index contributed by atoms with van der Waals surface area (Å²) in [5.74, 6) is -1.40. The van der Waals surface area contributed by atoms with E-state index in [0.29, 0.717) is 5.75 Å². The summed E-state index contributed by atoms with van der Waals surface area (Å²) in [6.45, 7) is 1.60. The second-order valence-corrected chi connectivity index (χ2v) is 3.29. The molecule has 0 saturated carbocycles. The summed E-state index contributed by atoms with van der Waals surface area (Å²) in [4.78, 5) is 10.9. The number of fused-ring (bicyclic) bond motifs is 1. The highest BCUT2D eigenvalue weighted by molar-refractivity contribution is 6.00. The van der Waals surface area contributed by atoms with E-state index in [1.54, 1.807) is 6.92 Å². The van der Waals surface area contributed by atoms with Gasteiger partial charge in [0.15, 0.2) is 11.5 Å². The van der Waals surface area contributed by atoms with Crippen LogP contribution in [0.4, 0.5) is 13.2 Å². The molecule has 0 saturated heterocycles. The van der Waals surface area contributed by atoms with E-state index in [2.05, 4.69) is 0 Å². The molecule has 0 amide bonds. The van der Waals surface area contributed by atoms with E-state index in [-0.39, 0.29) is 5.75 Å². The van der Waals surface area contributed by atoms with Crippen LogP contribution < -0.4 is 9.47 Å². The van der Waals surface area contributed by atoms with Gasteiger partial charge in [-0.25, -0.2) is 0 Å². The van der Waals surface area contributed by atoms with Crippen LogP contribution in [0.1, 0.15) is 17.3 Å². The van der Waals surface area contributed by atoms with E-state index in [9.17, 15) is 18.0 Å². The Morgan fingerprint density at radius 2 is 1.88 bits per heavy atom. The molecule has 86 valence electrons. The Morgan fingerprint density at radius 1 is 1.25 bits per heavy atom. The molecule has 0 fully saturated rings. The van der Waals surface area contributed by atoms with Crippen LogP contribution in [0, 0.1) is 0 Å². The van der Waals surface area contributed by atoms with Crippen molar-refractivity contribution in [1.82, 2.24) is 0 Å². The number of ketones is 1. The topological polar surface area (TPSA) is 35.5 Å². The van der Waals surface area contributed by atoms with Gasteiger partial charge in [0.25, 0.3) is 5.78 Å². The molecule has 0 radical (unpaired) electrons. The highest BCUT2D eigenvalue weighted by Gasteiger charge is 2.39. The van der Waals surface area contributed by atoms with Crippen molar-refractivity contribution in [3.05, 3.63) is 23.8 Å². The minimum absolute atomic E-state index is 0.155. The maximum Gasteiger partial charge on any atom is 0.454 e. The molecule has 0 aliphatic carbocycles. The number of alkyl halides is 3. The fourth-order valence-electron chi connectivity index (χ4n) is 1.38. The van der Waals surface area contributed by atoms with Gasteiger partial charge >= 0.3 is 6.18 Å². The molecule has 0 N–H and O–H groups in total. The first-order valence-corrected chi connectivity index (χ1v) is 4.47. The van der Waals surface area contributed by atoms with Crippen molar-refractivity contribution in [2.75, 3.05) is 0 Å². The maximum atomic E-state index is 12.1. The summed E-state index contributed by atoms with van der Waals surface area (Å²) in [5.41, 5.74) is -0.455. The van der Waals surface area contributed by atoms with E-state index < -0.39 is 23.8 Å². The third kappa shape index (κ3) is 1.82. The third-order valence-corrected chi connectivity index (χ3v) is 2.05. The third-order valence-electron chi connectivity index (χ3n) is 2.05. The van der Waals surface area contributed by atoms with Gasteiger partial charge in [-0.05, 0) is 18.2 Å². The van der Waals surface area contributed by atoms with Crippen LogP contribution in [-0.2, 0) is 0 Å². The van der Waals surface area contributed by atoms with Gasteiger partial charge in [0.1, 0.15) is 0 Å². The van der Waals surface area contributed by atoms with E-state index >= 15 is 0 Å². The van der Waals surface area contributed by atoms with E-state index in [0.717, 1.165) is 12.1 Å². The van der Waals surface area contributed by atoms with Gasteiger partial charge in [0, 0.05) is 12.5 Å². The fraction of sp³-hybridized carbons (Fsp3) is 0.300. The molecule has 6 heteroatoms. The minimum Gasteiger partial charge on any atom is -0.451 e. The Hall–Kier alpha value is -1.72. The Kier molecular flexibility index (Phi) is 2.29. The second-order valence-electron chi connectivity index (χ2n) is 3.29. The molecule has 0 spiro atoms. The highest BCUT2D eigenvalue weighted by Crippen LogP contribution is 2.36. The Morgan fingerprint density at radius 3 is 2.50 bits per heavy atom. The molecule has 2 rings (SSSR count). The molecule has 0 aromatic heterocycles. The SMILES string of the molecule is CC1Oc2ccc(C(=O)C(F)(F)F)cc2O1. The number of ether oxygens (including phenoxy) is 2. The molecule has 0 bridgehead atoms. The van der Waals surface area contributed by atoms with Crippen LogP contribution in [0.2, 0.25) is 0 Å².